The standard InChI is InChI=1S/C9H21NOS/c1-8(2)10-5-4-6-12-7-9(3)11/h8-11H,4-7H2,1-3H3. The fraction of sp³-hybridized carbons (Fsp3) is 1.00. The Labute approximate surface area is 80.1 Å². The summed E-state index contributed by atoms with van der Waals surface area (Å²) in [5.41, 5.74) is 0. The number of hydrogen-bond acceptors (Lipinski definition) is 3. The van der Waals surface area contributed by atoms with E-state index in [9.17, 15) is 0 Å². The van der Waals surface area contributed by atoms with E-state index < -0.39 is 0 Å². The molecular formula is C9H21NOS. The van der Waals surface area contributed by atoms with Crippen LogP contribution in [0.2, 0.25) is 0 Å². The minimum atomic E-state index is -0.159. The second-order valence-corrected chi connectivity index (χ2v) is 4.54. The lowest BCUT2D eigenvalue weighted by Crippen LogP contribution is -2.24. The summed E-state index contributed by atoms with van der Waals surface area (Å²) in [6.45, 7) is 7.23. The van der Waals surface area contributed by atoms with Gasteiger partial charge in [-0.1, -0.05) is 13.8 Å². The molecule has 1 unspecified atom stereocenters. The van der Waals surface area contributed by atoms with Crippen LogP contribution in [-0.2, 0) is 0 Å². The minimum Gasteiger partial charge on any atom is -0.393 e. The van der Waals surface area contributed by atoms with Gasteiger partial charge in [-0.05, 0) is 25.6 Å². The summed E-state index contributed by atoms with van der Waals surface area (Å²) in [7, 11) is 0. The normalized spacial score (nSPS) is 13.8. The van der Waals surface area contributed by atoms with Gasteiger partial charge in [-0.25, -0.2) is 0 Å². The second kappa shape index (κ2) is 7.90. The Balaban J connectivity index is 2.91. The molecule has 0 aromatic heterocycles. The molecule has 0 amide bonds. The molecule has 3 heteroatoms. The molecule has 0 rings (SSSR count). The first-order valence-electron chi connectivity index (χ1n) is 4.62. The number of hydrogen-bond donors (Lipinski definition) is 2. The van der Waals surface area contributed by atoms with Crippen molar-refractivity contribution in [2.75, 3.05) is 18.1 Å². The largest absolute Gasteiger partial charge is 0.393 e. The summed E-state index contributed by atoms with van der Waals surface area (Å²) in [5.74, 6) is 2.01. The van der Waals surface area contributed by atoms with E-state index in [1.54, 1.807) is 0 Å². The van der Waals surface area contributed by atoms with Crippen molar-refractivity contribution < 1.29 is 5.11 Å². The van der Waals surface area contributed by atoms with Crippen LogP contribution in [-0.4, -0.2) is 35.3 Å². The molecule has 74 valence electrons. The molecule has 12 heavy (non-hydrogen) atoms. The van der Waals surface area contributed by atoms with Crippen LogP contribution in [0.5, 0.6) is 0 Å². The van der Waals surface area contributed by atoms with E-state index in [1.165, 1.54) is 6.42 Å². The van der Waals surface area contributed by atoms with Crippen molar-refractivity contribution >= 4 is 11.8 Å². The molecule has 0 bridgehead atoms. The molecular weight excluding hydrogens is 170 g/mol. The van der Waals surface area contributed by atoms with E-state index in [4.69, 9.17) is 5.11 Å². The van der Waals surface area contributed by atoms with E-state index in [0.717, 1.165) is 18.1 Å². The van der Waals surface area contributed by atoms with Crippen LogP contribution >= 0.6 is 11.8 Å². The van der Waals surface area contributed by atoms with Crippen molar-refractivity contribution in [2.24, 2.45) is 0 Å². The Morgan fingerprint density at radius 3 is 2.50 bits per heavy atom. The van der Waals surface area contributed by atoms with Crippen molar-refractivity contribution in [3.05, 3.63) is 0 Å². The first kappa shape index (κ1) is 12.3. The Morgan fingerprint density at radius 1 is 1.33 bits per heavy atom. The highest BCUT2D eigenvalue weighted by atomic mass is 32.2. The lowest BCUT2D eigenvalue weighted by atomic mass is 10.4. The Morgan fingerprint density at radius 2 is 2.00 bits per heavy atom. The second-order valence-electron chi connectivity index (χ2n) is 3.39. The molecule has 1 atom stereocenters. The maximum atomic E-state index is 8.96. The van der Waals surface area contributed by atoms with Gasteiger partial charge >= 0.3 is 0 Å². The maximum Gasteiger partial charge on any atom is 0.0602 e. The Bertz CT molecular complexity index is 84.5. The zero-order valence-electron chi connectivity index (χ0n) is 8.34. The minimum absolute atomic E-state index is 0.159. The molecule has 0 saturated carbocycles. The third-order valence-corrected chi connectivity index (χ3v) is 2.67. The first-order chi connectivity index (χ1) is 5.63. The van der Waals surface area contributed by atoms with Gasteiger partial charge < -0.3 is 10.4 Å². The van der Waals surface area contributed by atoms with Crippen LogP contribution in [0.15, 0.2) is 0 Å². The summed E-state index contributed by atoms with van der Waals surface area (Å²) in [6, 6.07) is 0.590. The smallest absolute Gasteiger partial charge is 0.0602 e. The molecule has 0 aromatic carbocycles. The van der Waals surface area contributed by atoms with E-state index in [0.29, 0.717) is 6.04 Å². The average molecular weight is 191 g/mol. The quantitative estimate of drug-likeness (QED) is 0.598. The SMILES string of the molecule is CC(O)CSCCCNC(C)C. The summed E-state index contributed by atoms with van der Waals surface area (Å²) in [6.07, 6.45) is 1.03. The number of nitrogens with one attached hydrogen (secondary N) is 1. The van der Waals surface area contributed by atoms with Gasteiger partial charge in [0.05, 0.1) is 6.10 Å². The van der Waals surface area contributed by atoms with Crippen LogP contribution in [0.4, 0.5) is 0 Å². The molecule has 2 N–H and O–H groups in total. The monoisotopic (exact) mass is 191 g/mol. The summed E-state index contributed by atoms with van der Waals surface area (Å²) in [5, 5.41) is 12.3. The van der Waals surface area contributed by atoms with Crippen LogP contribution in [0.25, 0.3) is 0 Å². The molecule has 0 fully saturated rings. The summed E-state index contributed by atoms with van der Waals surface area (Å²) < 4.78 is 0. The van der Waals surface area contributed by atoms with E-state index in [1.807, 2.05) is 18.7 Å². The molecule has 0 saturated heterocycles. The third kappa shape index (κ3) is 10.3. The van der Waals surface area contributed by atoms with Crippen molar-refractivity contribution in [2.45, 2.75) is 39.3 Å². The van der Waals surface area contributed by atoms with Gasteiger partial charge in [0.1, 0.15) is 0 Å². The molecule has 0 aliphatic carbocycles. The highest BCUT2D eigenvalue weighted by Gasteiger charge is 1.95. The third-order valence-electron chi connectivity index (χ3n) is 1.38. The van der Waals surface area contributed by atoms with Gasteiger partial charge in [0, 0.05) is 11.8 Å². The molecule has 0 spiro atoms. The molecule has 0 aromatic rings. The van der Waals surface area contributed by atoms with Crippen LogP contribution in [0.3, 0.4) is 0 Å². The predicted octanol–water partition coefficient (Wildman–Crippen LogP) is 1.49. The molecule has 0 heterocycles. The van der Waals surface area contributed by atoms with Gasteiger partial charge in [0.15, 0.2) is 0 Å². The zero-order chi connectivity index (χ0) is 9.40. The number of thioether (sulfide) groups is 1. The van der Waals surface area contributed by atoms with Gasteiger partial charge in [-0.3, -0.25) is 0 Å². The molecule has 0 radical (unpaired) electrons. The highest BCUT2D eigenvalue weighted by Crippen LogP contribution is 2.03. The topological polar surface area (TPSA) is 32.3 Å². The highest BCUT2D eigenvalue weighted by molar-refractivity contribution is 7.99. The van der Waals surface area contributed by atoms with Crippen LogP contribution in [0, 0.1) is 0 Å². The van der Waals surface area contributed by atoms with Gasteiger partial charge in [0.2, 0.25) is 0 Å². The van der Waals surface area contributed by atoms with Crippen LogP contribution < -0.4 is 5.32 Å². The lowest BCUT2D eigenvalue weighted by molar-refractivity contribution is 0.220. The average Bonchev–Trinajstić information content (AvgIpc) is 1.95. The van der Waals surface area contributed by atoms with E-state index >= 15 is 0 Å². The van der Waals surface area contributed by atoms with Gasteiger partial charge in [0.25, 0.3) is 0 Å². The molecule has 0 aliphatic heterocycles. The molecule has 2 nitrogen and oxygen atoms in total. The van der Waals surface area contributed by atoms with Gasteiger partial charge in [-0.2, -0.15) is 11.8 Å². The van der Waals surface area contributed by atoms with Crippen molar-refractivity contribution in [3.8, 4) is 0 Å². The maximum absolute atomic E-state index is 8.96. The fourth-order valence-corrected chi connectivity index (χ4v) is 1.68. The van der Waals surface area contributed by atoms with Crippen molar-refractivity contribution in [3.63, 3.8) is 0 Å². The fourth-order valence-electron chi connectivity index (χ4n) is 0.819. The number of rotatable bonds is 7. The van der Waals surface area contributed by atoms with E-state index in [2.05, 4.69) is 19.2 Å². The number of aliphatic hydroxyl groups is 1. The summed E-state index contributed by atoms with van der Waals surface area (Å²) >= 11 is 1.82. The first-order valence-corrected chi connectivity index (χ1v) is 5.77. The van der Waals surface area contributed by atoms with Crippen molar-refractivity contribution in [1.82, 2.24) is 5.32 Å². The van der Waals surface area contributed by atoms with Gasteiger partial charge in [-0.15, -0.1) is 0 Å². The van der Waals surface area contributed by atoms with Crippen molar-refractivity contribution in [1.29, 1.82) is 0 Å². The number of aliphatic hydroxyl groups excluding tert-OH is 1. The Hall–Kier alpha value is 0.270. The predicted molar refractivity (Wildman–Crippen MR) is 56.8 cm³/mol. The van der Waals surface area contributed by atoms with E-state index in [-0.39, 0.29) is 6.10 Å². The van der Waals surface area contributed by atoms with Crippen LogP contribution in [0.1, 0.15) is 27.2 Å². The zero-order valence-corrected chi connectivity index (χ0v) is 9.16. The lowest BCUT2D eigenvalue weighted by Gasteiger charge is -2.07. The molecule has 0 aliphatic rings. The Kier molecular flexibility index (Phi) is 8.07. The summed E-state index contributed by atoms with van der Waals surface area (Å²) in [4.78, 5) is 0.